The number of ether oxygens (including phenoxy) is 1. The van der Waals surface area contributed by atoms with Gasteiger partial charge in [0.25, 0.3) is 5.91 Å². The number of nitrogens with zero attached hydrogens (tertiary/aromatic N) is 1. The van der Waals surface area contributed by atoms with Gasteiger partial charge in [-0.05, 0) is 31.0 Å². The Morgan fingerprint density at radius 3 is 2.64 bits per heavy atom. The van der Waals surface area contributed by atoms with E-state index in [2.05, 4.69) is 16.4 Å². The van der Waals surface area contributed by atoms with Gasteiger partial charge < -0.3 is 10.1 Å². The molecule has 4 heteroatoms. The summed E-state index contributed by atoms with van der Waals surface area (Å²) in [5.41, 5.74) is 1.62. The number of para-hydroxylation sites is 1. The average Bonchev–Trinajstić information content (AvgIpc) is 2.55. The predicted octanol–water partition coefficient (Wildman–Crippen LogP) is 2.94. The number of methoxy groups -OCH3 is 1. The Morgan fingerprint density at radius 1 is 1.23 bits per heavy atom. The number of nitrogens with one attached hydrogen (secondary N) is 1. The van der Waals surface area contributed by atoms with E-state index in [1.807, 2.05) is 24.3 Å². The second-order valence-corrected chi connectivity index (χ2v) is 5.73. The number of carbonyl (C=O) groups is 1. The molecule has 3 rings (SSSR count). The van der Waals surface area contributed by atoms with Gasteiger partial charge in [0.15, 0.2) is 0 Å². The molecular weight excluding hydrogens is 276 g/mol. The number of hydrogen-bond donors (Lipinski definition) is 1. The highest BCUT2D eigenvalue weighted by molar-refractivity contribution is 5.92. The van der Waals surface area contributed by atoms with Crippen LogP contribution < -0.4 is 10.1 Å². The highest BCUT2D eigenvalue weighted by Crippen LogP contribution is 2.46. The minimum absolute atomic E-state index is 0.0168. The van der Waals surface area contributed by atoms with E-state index in [1.54, 1.807) is 25.4 Å². The van der Waals surface area contributed by atoms with E-state index in [0.717, 1.165) is 18.6 Å². The van der Waals surface area contributed by atoms with Crippen molar-refractivity contribution in [3.05, 3.63) is 59.9 Å². The molecule has 0 radical (unpaired) electrons. The van der Waals surface area contributed by atoms with E-state index >= 15 is 0 Å². The number of benzene rings is 1. The van der Waals surface area contributed by atoms with Crippen LogP contribution in [-0.2, 0) is 5.41 Å². The Labute approximate surface area is 130 Å². The van der Waals surface area contributed by atoms with E-state index < -0.39 is 0 Å². The molecule has 0 saturated heterocycles. The van der Waals surface area contributed by atoms with Crippen LogP contribution in [0, 0.1) is 0 Å². The van der Waals surface area contributed by atoms with Gasteiger partial charge in [0, 0.05) is 23.7 Å². The summed E-state index contributed by atoms with van der Waals surface area (Å²) < 4.78 is 5.49. The number of rotatable bonds is 5. The first-order chi connectivity index (χ1) is 10.7. The smallest absolute Gasteiger partial charge is 0.269 e. The fourth-order valence-electron chi connectivity index (χ4n) is 3.06. The molecule has 1 fully saturated rings. The Bertz CT molecular complexity index is 651. The molecule has 0 atom stereocenters. The van der Waals surface area contributed by atoms with Crippen molar-refractivity contribution in [2.75, 3.05) is 13.7 Å². The Balaban J connectivity index is 1.76. The maximum Gasteiger partial charge on any atom is 0.269 e. The fourth-order valence-corrected chi connectivity index (χ4v) is 3.06. The largest absolute Gasteiger partial charge is 0.496 e. The Morgan fingerprint density at radius 2 is 2.00 bits per heavy atom. The van der Waals surface area contributed by atoms with Crippen molar-refractivity contribution in [1.82, 2.24) is 10.3 Å². The van der Waals surface area contributed by atoms with Crippen LogP contribution in [0.1, 0.15) is 35.3 Å². The second-order valence-electron chi connectivity index (χ2n) is 5.73. The third kappa shape index (κ3) is 2.69. The molecule has 0 spiro atoms. The summed E-state index contributed by atoms with van der Waals surface area (Å²) in [5, 5.41) is 3.03. The summed E-state index contributed by atoms with van der Waals surface area (Å²) in [6.07, 6.45) is 4.94. The van der Waals surface area contributed by atoms with E-state index in [9.17, 15) is 4.79 Å². The fraction of sp³-hybridized carbons (Fsp3) is 0.333. The SMILES string of the molecule is COc1ccccc1C1(CNC(=O)c2ccccn2)CCC1. The molecule has 0 aliphatic heterocycles. The summed E-state index contributed by atoms with van der Waals surface area (Å²) in [7, 11) is 1.69. The lowest BCUT2D eigenvalue weighted by Crippen LogP contribution is -2.45. The van der Waals surface area contributed by atoms with Gasteiger partial charge in [0.1, 0.15) is 11.4 Å². The van der Waals surface area contributed by atoms with Gasteiger partial charge in [-0.15, -0.1) is 0 Å². The monoisotopic (exact) mass is 296 g/mol. The molecule has 0 bridgehead atoms. The van der Waals surface area contributed by atoms with Crippen LogP contribution in [0.5, 0.6) is 5.75 Å². The van der Waals surface area contributed by atoms with Crippen LogP contribution in [0.3, 0.4) is 0 Å². The van der Waals surface area contributed by atoms with Crippen LogP contribution in [0.4, 0.5) is 0 Å². The lowest BCUT2D eigenvalue weighted by Gasteiger charge is -2.43. The van der Waals surface area contributed by atoms with Crippen molar-refractivity contribution in [1.29, 1.82) is 0 Å². The second kappa shape index (κ2) is 6.18. The highest BCUT2D eigenvalue weighted by atomic mass is 16.5. The molecule has 1 saturated carbocycles. The molecule has 114 valence electrons. The van der Waals surface area contributed by atoms with Gasteiger partial charge in [-0.25, -0.2) is 0 Å². The molecule has 2 aromatic rings. The molecule has 4 nitrogen and oxygen atoms in total. The topological polar surface area (TPSA) is 51.2 Å². The molecular formula is C18H20N2O2. The van der Waals surface area contributed by atoms with Crippen molar-refractivity contribution in [3.8, 4) is 5.75 Å². The summed E-state index contributed by atoms with van der Waals surface area (Å²) in [6.45, 7) is 0.614. The normalized spacial score (nSPS) is 15.7. The Kier molecular flexibility index (Phi) is 4.09. The first-order valence-corrected chi connectivity index (χ1v) is 7.58. The Hall–Kier alpha value is -2.36. The van der Waals surface area contributed by atoms with Crippen molar-refractivity contribution in [2.45, 2.75) is 24.7 Å². The quantitative estimate of drug-likeness (QED) is 0.923. The summed E-state index contributed by atoms with van der Waals surface area (Å²) >= 11 is 0. The first kappa shape index (κ1) is 14.6. The van der Waals surface area contributed by atoms with Crippen LogP contribution in [0.25, 0.3) is 0 Å². The number of hydrogen-bond acceptors (Lipinski definition) is 3. The first-order valence-electron chi connectivity index (χ1n) is 7.58. The molecule has 1 aromatic carbocycles. The van der Waals surface area contributed by atoms with Crippen LogP contribution in [0.2, 0.25) is 0 Å². The third-order valence-electron chi connectivity index (χ3n) is 4.47. The summed E-state index contributed by atoms with van der Waals surface area (Å²) in [4.78, 5) is 16.3. The minimum atomic E-state index is -0.123. The summed E-state index contributed by atoms with van der Waals surface area (Å²) in [6, 6.07) is 13.4. The maximum atomic E-state index is 12.2. The van der Waals surface area contributed by atoms with Gasteiger partial charge in [0.05, 0.1) is 7.11 Å². The van der Waals surface area contributed by atoms with E-state index in [1.165, 1.54) is 12.0 Å². The molecule has 1 aliphatic rings. The van der Waals surface area contributed by atoms with Crippen molar-refractivity contribution in [3.63, 3.8) is 0 Å². The molecule has 1 aromatic heterocycles. The standard InChI is InChI=1S/C18H20N2O2/c1-22-16-9-3-2-7-14(16)18(10-6-11-18)13-20-17(21)15-8-4-5-12-19-15/h2-5,7-9,12H,6,10-11,13H2,1H3,(H,20,21). The van der Waals surface area contributed by atoms with Crippen molar-refractivity contribution < 1.29 is 9.53 Å². The number of carbonyl (C=O) groups excluding carboxylic acids is 1. The third-order valence-corrected chi connectivity index (χ3v) is 4.47. The molecule has 1 aliphatic carbocycles. The zero-order chi connectivity index (χ0) is 15.4. The van der Waals surface area contributed by atoms with Crippen LogP contribution >= 0.6 is 0 Å². The predicted molar refractivity (Wildman–Crippen MR) is 85.1 cm³/mol. The zero-order valence-corrected chi connectivity index (χ0v) is 12.7. The van der Waals surface area contributed by atoms with Gasteiger partial charge >= 0.3 is 0 Å². The molecule has 0 unspecified atom stereocenters. The van der Waals surface area contributed by atoms with Gasteiger partial charge in [-0.2, -0.15) is 0 Å². The van der Waals surface area contributed by atoms with Gasteiger partial charge in [-0.3, -0.25) is 9.78 Å². The molecule has 1 heterocycles. The highest BCUT2D eigenvalue weighted by Gasteiger charge is 2.40. The molecule has 22 heavy (non-hydrogen) atoms. The average molecular weight is 296 g/mol. The maximum absolute atomic E-state index is 12.2. The number of aromatic nitrogens is 1. The van der Waals surface area contributed by atoms with Crippen LogP contribution in [-0.4, -0.2) is 24.5 Å². The summed E-state index contributed by atoms with van der Waals surface area (Å²) in [5.74, 6) is 0.774. The lowest BCUT2D eigenvalue weighted by atomic mass is 9.64. The van der Waals surface area contributed by atoms with E-state index in [4.69, 9.17) is 4.74 Å². The van der Waals surface area contributed by atoms with Crippen molar-refractivity contribution >= 4 is 5.91 Å². The lowest BCUT2D eigenvalue weighted by molar-refractivity contribution is 0.0922. The number of amides is 1. The minimum Gasteiger partial charge on any atom is -0.496 e. The van der Waals surface area contributed by atoms with Gasteiger partial charge in [-0.1, -0.05) is 30.7 Å². The molecule has 1 amide bonds. The van der Waals surface area contributed by atoms with E-state index in [0.29, 0.717) is 12.2 Å². The zero-order valence-electron chi connectivity index (χ0n) is 12.7. The van der Waals surface area contributed by atoms with Crippen LogP contribution in [0.15, 0.2) is 48.7 Å². The van der Waals surface area contributed by atoms with Crippen molar-refractivity contribution in [2.24, 2.45) is 0 Å². The van der Waals surface area contributed by atoms with Gasteiger partial charge in [0.2, 0.25) is 0 Å². The molecule has 1 N–H and O–H groups in total. The van der Waals surface area contributed by atoms with E-state index in [-0.39, 0.29) is 11.3 Å². The number of pyridine rings is 1.